The molecule has 2 amide bonds. The molecule has 1 aliphatic rings. The van der Waals surface area contributed by atoms with E-state index < -0.39 is 4.92 Å². The van der Waals surface area contributed by atoms with Crippen LogP contribution in [0.15, 0.2) is 54.6 Å². The lowest BCUT2D eigenvalue weighted by atomic mass is 10.0. The molecule has 1 aromatic heterocycles. The van der Waals surface area contributed by atoms with E-state index in [-0.39, 0.29) is 29.2 Å². The maximum absolute atomic E-state index is 13.0. The Balaban J connectivity index is 1.32. The van der Waals surface area contributed by atoms with E-state index in [0.717, 1.165) is 5.56 Å². The van der Waals surface area contributed by atoms with E-state index in [1.165, 1.54) is 16.8 Å². The highest BCUT2D eigenvalue weighted by molar-refractivity contribution is 5.93. The maximum atomic E-state index is 13.0. The Morgan fingerprint density at radius 3 is 2.56 bits per heavy atom. The summed E-state index contributed by atoms with van der Waals surface area (Å²) < 4.78 is 1.43. The number of piperidine rings is 1. The molecule has 0 bridgehead atoms. The Morgan fingerprint density at radius 2 is 1.85 bits per heavy atom. The second kappa shape index (κ2) is 10.2. The normalized spacial score (nSPS) is 14.1. The molecule has 2 heterocycles. The van der Waals surface area contributed by atoms with Crippen LogP contribution in [-0.2, 0) is 11.2 Å². The first-order chi connectivity index (χ1) is 16.4. The predicted octanol–water partition coefficient (Wildman–Crippen LogP) is 2.84. The van der Waals surface area contributed by atoms with Crippen LogP contribution in [-0.4, -0.2) is 55.8 Å². The molecule has 0 aliphatic carbocycles. The van der Waals surface area contributed by atoms with Gasteiger partial charge in [-0.3, -0.25) is 19.7 Å². The van der Waals surface area contributed by atoms with Gasteiger partial charge in [0.2, 0.25) is 5.91 Å². The largest absolute Gasteiger partial charge is 0.353 e. The van der Waals surface area contributed by atoms with Gasteiger partial charge < -0.3 is 10.2 Å². The van der Waals surface area contributed by atoms with Crippen molar-refractivity contribution >= 4 is 17.5 Å². The van der Waals surface area contributed by atoms with E-state index in [2.05, 4.69) is 15.6 Å². The molecule has 1 N–H and O–H groups in total. The number of amides is 2. The molecule has 0 spiro atoms. The van der Waals surface area contributed by atoms with E-state index in [9.17, 15) is 19.7 Å². The predicted molar refractivity (Wildman–Crippen MR) is 125 cm³/mol. The molecule has 10 nitrogen and oxygen atoms in total. The lowest BCUT2D eigenvalue weighted by Gasteiger charge is -2.32. The van der Waals surface area contributed by atoms with Gasteiger partial charge in [0, 0.05) is 37.7 Å². The van der Waals surface area contributed by atoms with Crippen molar-refractivity contribution in [3.05, 3.63) is 81.7 Å². The van der Waals surface area contributed by atoms with Crippen molar-refractivity contribution in [3.63, 3.8) is 0 Å². The van der Waals surface area contributed by atoms with Gasteiger partial charge in [0.25, 0.3) is 11.6 Å². The Hall–Kier alpha value is -4.08. The summed E-state index contributed by atoms with van der Waals surface area (Å²) in [7, 11) is 0. The summed E-state index contributed by atoms with van der Waals surface area (Å²) in [6.45, 7) is 2.73. The number of hydrogen-bond donors (Lipinski definition) is 1. The van der Waals surface area contributed by atoms with Gasteiger partial charge in [0.15, 0.2) is 5.69 Å². The van der Waals surface area contributed by atoms with Crippen LogP contribution in [0.3, 0.4) is 0 Å². The molecule has 0 saturated carbocycles. The van der Waals surface area contributed by atoms with E-state index >= 15 is 0 Å². The molecule has 1 aliphatic heterocycles. The number of aryl methyl sites for hydroxylation is 1. The van der Waals surface area contributed by atoms with Crippen LogP contribution in [0.4, 0.5) is 5.69 Å². The highest BCUT2D eigenvalue weighted by Gasteiger charge is 2.28. The van der Waals surface area contributed by atoms with Gasteiger partial charge in [-0.05, 0) is 37.8 Å². The Bertz CT molecular complexity index is 1190. The Labute approximate surface area is 196 Å². The number of hydrogen-bond acceptors (Lipinski definition) is 6. The molecule has 0 atom stereocenters. The van der Waals surface area contributed by atoms with Crippen LogP contribution in [0, 0.1) is 17.0 Å². The van der Waals surface area contributed by atoms with E-state index in [4.69, 9.17) is 0 Å². The number of benzene rings is 2. The van der Waals surface area contributed by atoms with Gasteiger partial charge in [-0.2, -0.15) is 0 Å². The summed E-state index contributed by atoms with van der Waals surface area (Å²) in [6.07, 6.45) is 2.47. The number of nitro benzene ring substituents is 1. The number of likely N-dealkylation sites (tertiary alicyclic amines) is 1. The first-order valence-corrected chi connectivity index (χ1v) is 11.2. The van der Waals surface area contributed by atoms with Crippen molar-refractivity contribution in [3.8, 4) is 5.69 Å². The number of carbonyl (C=O) groups excluding carboxylic acids is 2. The zero-order valence-corrected chi connectivity index (χ0v) is 18.9. The molecule has 34 heavy (non-hydrogen) atoms. The van der Waals surface area contributed by atoms with Crippen LogP contribution in [0.1, 0.15) is 41.0 Å². The molecular formula is C24H26N6O4. The number of nitro groups is 1. The van der Waals surface area contributed by atoms with Crippen molar-refractivity contribution < 1.29 is 14.5 Å². The number of nitrogens with one attached hydrogen (secondary N) is 1. The molecule has 1 saturated heterocycles. The van der Waals surface area contributed by atoms with Crippen LogP contribution in [0.25, 0.3) is 5.69 Å². The zero-order valence-electron chi connectivity index (χ0n) is 18.9. The highest BCUT2D eigenvalue weighted by atomic mass is 16.6. The first kappa shape index (κ1) is 23.1. The van der Waals surface area contributed by atoms with Crippen LogP contribution in [0.2, 0.25) is 0 Å². The Kier molecular flexibility index (Phi) is 6.95. The van der Waals surface area contributed by atoms with Gasteiger partial charge in [-0.1, -0.05) is 41.6 Å². The van der Waals surface area contributed by atoms with Crippen molar-refractivity contribution in [2.75, 3.05) is 13.1 Å². The minimum atomic E-state index is -0.480. The quantitative estimate of drug-likeness (QED) is 0.425. The number of carbonyl (C=O) groups is 2. The molecule has 0 unspecified atom stereocenters. The van der Waals surface area contributed by atoms with Crippen LogP contribution >= 0.6 is 0 Å². The second-order valence-electron chi connectivity index (χ2n) is 8.33. The standard InChI is InChI=1S/C24H26N6O4/c1-17-23(26-27-29(17)20-8-5-9-21(16-20)30(33)34)24(32)28-14-12-19(13-15-28)25-22(31)11-10-18-6-3-2-4-7-18/h2-9,16,19H,10-15H2,1H3,(H,25,31). The van der Waals surface area contributed by atoms with E-state index in [1.807, 2.05) is 30.3 Å². The van der Waals surface area contributed by atoms with E-state index in [0.29, 0.717) is 50.2 Å². The third-order valence-electron chi connectivity index (χ3n) is 6.01. The zero-order chi connectivity index (χ0) is 24.1. The van der Waals surface area contributed by atoms with Crippen molar-refractivity contribution in [2.24, 2.45) is 0 Å². The summed E-state index contributed by atoms with van der Waals surface area (Å²) in [6, 6.07) is 16.0. The monoisotopic (exact) mass is 462 g/mol. The van der Waals surface area contributed by atoms with Crippen LogP contribution in [0.5, 0.6) is 0 Å². The number of rotatable bonds is 7. The SMILES string of the molecule is Cc1c(C(=O)N2CCC(NC(=O)CCc3ccccc3)CC2)nnn1-c1cccc([N+](=O)[O-])c1. The lowest BCUT2D eigenvalue weighted by molar-refractivity contribution is -0.384. The van der Waals surface area contributed by atoms with Gasteiger partial charge in [0.1, 0.15) is 0 Å². The highest BCUT2D eigenvalue weighted by Crippen LogP contribution is 2.20. The molecule has 4 rings (SSSR count). The lowest BCUT2D eigenvalue weighted by Crippen LogP contribution is -2.46. The van der Waals surface area contributed by atoms with Crippen molar-refractivity contribution in [1.82, 2.24) is 25.2 Å². The third kappa shape index (κ3) is 5.28. The fourth-order valence-electron chi connectivity index (χ4n) is 4.09. The first-order valence-electron chi connectivity index (χ1n) is 11.2. The minimum Gasteiger partial charge on any atom is -0.353 e. The van der Waals surface area contributed by atoms with E-state index in [1.54, 1.807) is 24.0 Å². The van der Waals surface area contributed by atoms with Crippen LogP contribution < -0.4 is 5.32 Å². The van der Waals surface area contributed by atoms with Gasteiger partial charge in [-0.25, -0.2) is 4.68 Å². The average molecular weight is 463 g/mol. The molecule has 0 radical (unpaired) electrons. The summed E-state index contributed by atoms with van der Waals surface area (Å²) in [4.78, 5) is 37.6. The number of aromatic nitrogens is 3. The molecule has 176 valence electrons. The van der Waals surface area contributed by atoms with Crippen molar-refractivity contribution in [1.29, 1.82) is 0 Å². The second-order valence-corrected chi connectivity index (χ2v) is 8.33. The molecule has 10 heteroatoms. The fourth-order valence-corrected chi connectivity index (χ4v) is 4.09. The summed E-state index contributed by atoms with van der Waals surface area (Å²) in [5.74, 6) is -0.215. The molecule has 1 fully saturated rings. The summed E-state index contributed by atoms with van der Waals surface area (Å²) in [5.41, 5.74) is 2.27. The van der Waals surface area contributed by atoms with Gasteiger partial charge in [0.05, 0.1) is 16.3 Å². The summed E-state index contributed by atoms with van der Waals surface area (Å²) >= 11 is 0. The maximum Gasteiger partial charge on any atom is 0.276 e. The minimum absolute atomic E-state index is 0.0179. The topological polar surface area (TPSA) is 123 Å². The molecule has 2 aromatic carbocycles. The molecule has 3 aromatic rings. The van der Waals surface area contributed by atoms with Gasteiger partial charge >= 0.3 is 0 Å². The average Bonchev–Trinajstić information content (AvgIpc) is 3.24. The Morgan fingerprint density at radius 1 is 1.12 bits per heavy atom. The summed E-state index contributed by atoms with van der Waals surface area (Å²) in [5, 5.41) is 22.2. The molecular weight excluding hydrogens is 436 g/mol. The smallest absolute Gasteiger partial charge is 0.276 e. The van der Waals surface area contributed by atoms with Gasteiger partial charge in [-0.15, -0.1) is 5.10 Å². The number of non-ortho nitro benzene ring substituents is 1. The number of nitrogens with zero attached hydrogens (tertiary/aromatic N) is 5. The van der Waals surface area contributed by atoms with Crippen molar-refractivity contribution in [2.45, 2.75) is 38.6 Å². The fraction of sp³-hybridized carbons (Fsp3) is 0.333. The third-order valence-corrected chi connectivity index (χ3v) is 6.01.